The minimum absolute atomic E-state index is 0.00368. The van der Waals surface area contributed by atoms with Crippen molar-refractivity contribution in [2.45, 2.75) is 13.1 Å². The van der Waals surface area contributed by atoms with Gasteiger partial charge in [-0.2, -0.15) is 13.2 Å². The van der Waals surface area contributed by atoms with Gasteiger partial charge in [0.2, 0.25) is 0 Å². The third kappa shape index (κ3) is 5.44. The molecular formula is C24H20F3N5O3S. The molecule has 2 amide bonds. The first-order valence-corrected chi connectivity index (χ1v) is 11.5. The number of aryl methyl sites for hydroxylation is 1. The molecule has 2 aromatic carbocycles. The molecule has 186 valence electrons. The number of carbonyl (C=O) groups excluding carboxylic acids is 2. The van der Waals surface area contributed by atoms with Crippen LogP contribution < -0.4 is 16.0 Å². The van der Waals surface area contributed by atoms with Gasteiger partial charge in [-0.25, -0.2) is 9.97 Å². The van der Waals surface area contributed by atoms with Crippen molar-refractivity contribution in [1.82, 2.24) is 9.97 Å². The third-order valence-corrected chi connectivity index (χ3v) is 6.17. The van der Waals surface area contributed by atoms with Crippen LogP contribution in [0.3, 0.4) is 0 Å². The van der Waals surface area contributed by atoms with Crippen LogP contribution in [0, 0.1) is 6.92 Å². The first-order valence-electron chi connectivity index (χ1n) is 10.6. The number of hydrogen-bond donors (Lipinski definition) is 4. The van der Waals surface area contributed by atoms with E-state index in [0.717, 1.165) is 12.1 Å². The number of alkyl halides is 3. The molecule has 4 N–H and O–H groups in total. The highest BCUT2D eigenvalue weighted by atomic mass is 32.1. The zero-order valence-corrected chi connectivity index (χ0v) is 19.6. The lowest BCUT2D eigenvalue weighted by Gasteiger charge is -2.12. The quantitative estimate of drug-likeness (QED) is 0.278. The summed E-state index contributed by atoms with van der Waals surface area (Å²) in [5.41, 5.74) is 1.06. The minimum Gasteiger partial charge on any atom is -0.395 e. The molecular weight excluding hydrogens is 495 g/mol. The van der Waals surface area contributed by atoms with E-state index in [1.165, 1.54) is 41.9 Å². The van der Waals surface area contributed by atoms with Gasteiger partial charge in [-0.15, -0.1) is 11.3 Å². The van der Waals surface area contributed by atoms with Crippen molar-refractivity contribution in [3.05, 3.63) is 76.4 Å². The molecule has 0 aliphatic carbocycles. The van der Waals surface area contributed by atoms with Gasteiger partial charge >= 0.3 is 6.18 Å². The highest BCUT2D eigenvalue weighted by Gasteiger charge is 2.30. The van der Waals surface area contributed by atoms with Gasteiger partial charge in [0.15, 0.2) is 0 Å². The number of aliphatic hydroxyl groups is 1. The largest absolute Gasteiger partial charge is 0.416 e. The van der Waals surface area contributed by atoms with Gasteiger partial charge in [-0.3, -0.25) is 9.59 Å². The number of aromatic nitrogens is 2. The van der Waals surface area contributed by atoms with E-state index >= 15 is 0 Å². The number of nitrogens with zero attached hydrogens (tertiary/aromatic N) is 2. The van der Waals surface area contributed by atoms with Gasteiger partial charge in [-0.05, 0) is 42.8 Å². The van der Waals surface area contributed by atoms with Crippen LogP contribution in [-0.2, 0) is 6.18 Å². The fraction of sp³-hybridized carbons (Fsp3) is 0.167. The summed E-state index contributed by atoms with van der Waals surface area (Å²) < 4.78 is 39.5. The number of halogens is 3. The summed E-state index contributed by atoms with van der Waals surface area (Å²) in [4.78, 5) is 34.1. The van der Waals surface area contributed by atoms with Crippen molar-refractivity contribution in [1.29, 1.82) is 0 Å². The SMILES string of the molecule is Cc1ccc(C(=O)Nc2cccc(C(F)(F)F)c2)cc1NC(=O)c1csc2c(NCCO)ncnc12. The molecule has 0 atom stereocenters. The summed E-state index contributed by atoms with van der Waals surface area (Å²) in [7, 11) is 0. The topological polar surface area (TPSA) is 116 Å². The van der Waals surface area contributed by atoms with Crippen molar-refractivity contribution < 1.29 is 27.9 Å². The maximum Gasteiger partial charge on any atom is 0.416 e. The van der Waals surface area contributed by atoms with Gasteiger partial charge in [-0.1, -0.05) is 12.1 Å². The van der Waals surface area contributed by atoms with Gasteiger partial charge in [0.05, 0.1) is 28.0 Å². The highest BCUT2D eigenvalue weighted by Crippen LogP contribution is 2.32. The average Bonchev–Trinajstić information content (AvgIpc) is 3.28. The summed E-state index contributed by atoms with van der Waals surface area (Å²) in [5.74, 6) is -0.577. The van der Waals surface area contributed by atoms with Crippen LogP contribution in [0.2, 0.25) is 0 Å². The average molecular weight is 516 g/mol. The molecule has 4 aromatic rings. The van der Waals surface area contributed by atoms with Crippen LogP contribution in [0.4, 0.5) is 30.4 Å². The van der Waals surface area contributed by atoms with Gasteiger partial charge in [0.25, 0.3) is 11.8 Å². The number of thiophene rings is 1. The zero-order chi connectivity index (χ0) is 25.9. The van der Waals surface area contributed by atoms with E-state index in [2.05, 4.69) is 25.9 Å². The number of rotatable bonds is 7. The van der Waals surface area contributed by atoms with Crippen LogP contribution >= 0.6 is 11.3 Å². The molecule has 2 heterocycles. The smallest absolute Gasteiger partial charge is 0.395 e. The first-order chi connectivity index (χ1) is 17.2. The number of nitrogens with one attached hydrogen (secondary N) is 3. The second kappa shape index (κ2) is 10.3. The van der Waals surface area contributed by atoms with Crippen molar-refractivity contribution in [3.63, 3.8) is 0 Å². The Morgan fingerprint density at radius 3 is 2.61 bits per heavy atom. The summed E-state index contributed by atoms with van der Waals surface area (Å²) >= 11 is 1.27. The Balaban J connectivity index is 1.54. The second-order valence-corrected chi connectivity index (χ2v) is 8.60. The Bertz CT molecular complexity index is 1440. The molecule has 0 unspecified atom stereocenters. The number of fused-ring (bicyclic) bond motifs is 1. The summed E-state index contributed by atoms with van der Waals surface area (Å²) in [5, 5.41) is 18.9. The lowest BCUT2D eigenvalue weighted by atomic mass is 10.1. The number of benzene rings is 2. The molecule has 0 aliphatic rings. The maximum atomic E-state index is 13.0. The fourth-order valence-electron chi connectivity index (χ4n) is 3.38. The van der Waals surface area contributed by atoms with Crippen LogP contribution in [0.5, 0.6) is 0 Å². The van der Waals surface area contributed by atoms with Crippen molar-refractivity contribution >= 4 is 50.6 Å². The van der Waals surface area contributed by atoms with Gasteiger partial charge in [0.1, 0.15) is 12.1 Å². The Labute approximate surface area is 207 Å². The second-order valence-electron chi connectivity index (χ2n) is 7.72. The molecule has 0 bridgehead atoms. The molecule has 2 aromatic heterocycles. The number of amides is 2. The Kier molecular flexibility index (Phi) is 7.17. The predicted molar refractivity (Wildman–Crippen MR) is 132 cm³/mol. The fourth-order valence-corrected chi connectivity index (χ4v) is 4.34. The third-order valence-electron chi connectivity index (χ3n) is 5.20. The van der Waals surface area contributed by atoms with E-state index < -0.39 is 23.6 Å². The molecule has 0 radical (unpaired) electrons. The summed E-state index contributed by atoms with van der Waals surface area (Å²) in [6.45, 7) is 1.95. The highest BCUT2D eigenvalue weighted by molar-refractivity contribution is 7.18. The van der Waals surface area contributed by atoms with E-state index in [1.54, 1.807) is 18.4 Å². The number of hydrogen-bond acceptors (Lipinski definition) is 7. The van der Waals surface area contributed by atoms with Crippen molar-refractivity contribution in [2.24, 2.45) is 0 Å². The summed E-state index contributed by atoms with van der Waals surface area (Å²) in [6, 6.07) is 8.92. The predicted octanol–water partition coefficient (Wildman–Crippen LogP) is 4.93. The molecule has 8 nitrogen and oxygen atoms in total. The molecule has 0 saturated carbocycles. The van der Waals surface area contributed by atoms with Crippen LogP contribution in [0.25, 0.3) is 10.2 Å². The Morgan fingerprint density at radius 2 is 1.86 bits per heavy atom. The van der Waals surface area contributed by atoms with E-state index in [-0.39, 0.29) is 17.9 Å². The molecule has 0 saturated heterocycles. The molecule has 0 spiro atoms. The molecule has 4 rings (SSSR count). The zero-order valence-electron chi connectivity index (χ0n) is 18.8. The van der Waals surface area contributed by atoms with Crippen LogP contribution in [-0.4, -0.2) is 40.0 Å². The van der Waals surface area contributed by atoms with Gasteiger partial charge in [0, 0.05) is 28.9 Å². The van der Waals surface area contributed by atoms with E-state index in [9.17, 15) is 22.8 Å². The number of aliphatic hydroxyl groups excluding tert-OH is 1. The molecule has 0 fully saturated rings. The maximum absolute atomic E-state index is 13.0. The van der Waals surface area contributed by atoms with Crippen molar-refractivity contribution in [3.8, 4) is 0 Å². The molecule has 0 aliphatic heterocycles. The van der Waals surface area contributed by atoms with Crippen LogP contribution in [0.1, 0.15) is 31.8 Å². The first kappa shape index (κ1) is 25.1. The molecule has 12 heteroatoms. The number of carbonyl (C=O) groups is 2. The van der Waals surface area contributed by atoms with E-state index in [1.807, 2.05) is 0 Å². The van der Waals surface area contributed by atoms with Gasteiger partial charge < -0.3 is 21.1 Å². The Hall–Kier alpha value is -4.03. The van der Waals surface area contributed by atoms with E-state index in [4.69, 9.17) is 5.11 Å². The standard InChI is InChI=1S/C24H20F3N5O3S/c1-13-5-6-14(22(34)31-16-4-2-3-15(10-16)24(25,26)27)9-18(13)32-23(35)17-11-36-20-19(17)29-12-30-21(20)28-7-8-33/h2-6,9-12,33H,7-8H2,1H3,(H,31,34)(H,32,35)(H,28,29,30). The van der Waals surface area contributed by atoms with Crippen molar-refractivity contribution in [2.75, 3.05) is 29.1 Å². The van der Waals surface area contributed by atoms with Crippen LogP contribution in [0.15, 0.2) is 54.2 Å². The Morgan fingerprint density at radius 1 is 1.06 bits per heavy atom. The number of anilines is 3. The lowest BCUT2D eigenvalue weighted by molar-refractivity contribution is -0.137. The summed E-state index contributed by atoms with van der Waals surface area (Å²) in [6.07, 6.45) is -3.22. The monoisotopic (exact) mass is 515 g/mol. The molecule has 36 heavy (non-hydrogen) atoms. The lowest BCUT2D eigenvalue weighted by Crippen LogP contribution is -2.16. The normalized spacial score (nSPS) is 11.4. The van der Waals surface area contributed by atoms with E-state index in [0.29, 0.717) is 39.4 Å². The minimum atomic E-state index is -4.53.